The van der Waals surface area contributed by atoms with Gasteiger partial charge >= 0.3 is 5.97 Å². The smallest absolute Gasteiger partial charge is 0.335 e. The molecular weight excluding hydrogens is 329 g/mol. The molecule has 0 amide bonds. The van der Waals surface area contributed by atoms with E-state index in [-0.39, 0.29) is 6.42 Å². The van der Waals surface area contributed by atoms with Crippen LogP contribution in [-0.4, -0.2) is 18.8 Å². The Morgan fingerprint density at radius 1 is 1.32 bits per heavy atom. The summed E-state index contributed by atoms with van der Waals surface area (Å²) in [6, 6.07) is 8.36. The Kier molecular flexibility index (Phi) is 6.30. The van der Waals surface area contributed by atoms with Crippen LogP contribution in [0.15, 0.2) is 46.2 Å². The Balaban J connectivity index is 1.64. The van der Waals surface area contributed by atoms with Gasteiger partial charge in [-0.1, -0.05) is 28.4 Å². The van der Waals surface area contributed by atoms with Gasteiger partial charge in [0.2, 0.25) is 0 Å². The van der Waals surface area contributed by atoms with Crippen LogP contribution in [0, 0.1) is 0 Å². The highest BCUT2D eigenvalue weighted by Crippen LogP contribution is 2.27. The lowest BCUT2D eigenvalue weighted by molar-refractivity contribution is -0.143. The predicted octanol–water partition coefficient (Wildman–Crippen LogP) is 4.32. The summed E-state index contributed by atoms with van der Waals surface area (Å²) in [5.74, 6) is 0.581. The third kappa shape index (κ3) is 5.42. The lowest BCUT2D eigenvalue weighted by atomic mass is 10.3. The summed E-state index contributed by atoms with van der Waals surface area (Å²) in [5, 5.41) is 4.50. The van der Waals surface area contributed by atoms with Gasteiger partial charge in [0.15, 0.2) is 0 Å². The second-order valence-electron chi connectivity index (χ2n) is 4.24. The molecule has 0 saturated heterocycles. The molecular formula is C15H13Cl2NO4. The molecule has 5 nitrogen and oxygen atoms in total. The zero-order valence-corrected chi connectivity index (χ0v) is 13.0. The topological polar surface area (TPSA) is 61.0 Å². The summed E-state index contributed by atoms with van der Waals surface area (Å²) in [7, 11) is 0. The molecule has 1 aromatic carbocycles. The van der Waals surface area contributed by atoms with E-state index in [4.69, 9.17) is 32.4 Å². The first-order valence-electron chi connectivity index (χ1n) is 6.50. The average molecular weight is 342 g/mol. The minimum atomic E-state index is -0.450. The van der Waals surface area contributed by atoms with Gasteiger partial charge in [0.05, 0.1) is 24.3 Å². The molecule has 1 aromatic heterocycles. The molecule has 0 aliphatic heterocycles. The van der Waals surface area contributed by atoms with Crippen molar-refractivity contribution >= 4 is 35.4 Å². The largest absolute Gasteiger partial charge is 0.492 e. The third-order valence-corrected chi connectivity index (χ3v) is 3.08. The number of furan rings is 1. The monoisotopic (exact) mass is 341 g/mol. The van der Waals surface area contributed by atoms with Gasteiger partial charge in [-0.3, -0.25) is 0 Å². The number of oxime groups is 1. The van der Waals surface area contributed by atoms with Crippen molar-refractivity contribution in [3.8, 4) is 5.75 Å². The summed E-state index contributed by atoms with van der Waals surface area (Å²) in [6.45, 7) is 0.332. The second kappa shape index (κ2) is 8.46. The Hall–Kier alpha value is -1.98. The Bertz CT molecular complexity index is 641. The summed E-state index contributed by atoms with van der Waals surface area (Å²) in [6.07, 6.45) is 3.49. The van der Waals surface area contributed by atoms with Crippen LogP contribution in [0.3, 0.4) is 0 Å². The van der Waals surface area contributed by atoms with Gasteiger partial charge in [0, 0.05) is 5.02 Å². The van der Waals surface area contributed by atoms with Crippen LogP contribution < -0.4 is 4.74 Å². The number of hydrogen-bond donors (Lipinski definition) is 0. The number of halogens is 2. The molecule has 22 heavy (non-hydrogen) atoms. The highest BCUT2D eigenvalue weighted by atomic mass is 35.5. The Labute approximate surface area is 137 Å². The molecule has 0 spiro atoms. The Morgan fingerprint density at radius 2 is 2.18 bits per heavy atom. The third-order valence-electron chi connectivity index (χ3n) is 2.55. The number of nitrogens with zero attached hydrogens (tertiary/aromatic N) is 1. The first-order chi connectivity index (χ1) is 10.6. The van der Waals surface area contributed by atoms with Crippen LogP contribution >= 0.6 is 23.2 Å². The van der Waals surface area contributed by atoms with E-state index in [2.05, 4.69) is 9.99 Å². The molecule has 2 rings (SSSR count). The van der Waals surface area contributed by atoms with Crippen LogP contribution in [0.5, 0.6) is 5.75 Å². The standard InChI is InChI=1S/C15H13Cl2NO4/c16-11-5-6-14(13(17)9-11)21-8-2-4-15(19)22-18-10-12-3-1-7-20-12/h1,3,5-7,9-10H,2,4,8H2. The number of hydrogen-bond acceptors (Lipinski definition) is 5. The second-order valence-corrected chi connectivity index (χ2v) is 5.08. The first kappa shape index (κ1) is 16.4. The van der Waals surface area contributed by atoms with E-state index in [0.717, 1.165) is 0 Å². The molecule has 1 heterocycles. The molecule has 2 aromatic rings. The molecule has 0 saturated carbocycles. The van der Waals surface area contributed by atoms with E-state index in [1.807, 2.05) is 0 Å². The van der Waals surface area contributed by atoms with Gasteiger partial charge in [-0.15, -0.1) is 0 Å². The first-order valence-corrected chi connectivity index (χ1v) is 7.25. The van der Waals surface area contributed by atoms with Crippen LogP contribution in [-0.2, 0) is 9.63 Å². The van der Waals surface area contributed by atoms with Gasteiger partial charge in [-0.25, -0.2) is 4.79 Å². The maximum absolute atomic E-state index is 11.4. The van der Waals surface area contributed by atoms with E-state index >= 15 is 0 Å². The fourth-order valence-electron chi connectivity index (χ4n) is 1.54. The van der Waals surface area contributed by atoms with Crippen LogP contribution in [0.4, 0.5) is 0 Å². The fraction of sp³-hybridized carbons (Fsp3) is 0.200. The number of carbonyl (C=O) groups is 1. The van der Waals surface area contributed by atoms with Gasteiger partial charge in [0.1, 0.15) is 17.7 Å². The summed E-state index contributed by atoms with van der Waals surface area (Å²) < 4.78 is 10.5. The van der Waals surface area contributed by atoms with Gasteiger partial charge in [0.25, 0.3) is 0 Å². The fourth-order valence-corrected chi connectivity index (χ4v) is 2.00. The zero-order chi connectivity index (χ0) is 15.8. The normalized spacial score (nSPS) is 10.8. The molecule has 0 atom stereocenters. The van der Waals surface area contributed by atoms with E-state index in [1.165, 1.54) is 12.5 Å². The van der Waals surface area contributed by atoms with Crippen molar-refractivity contribution in [2.24, 2.45) is 5.16 Å². The number of carbonyl (C=O) groups excluding carboxylic acids is 1. The van der Waals surface area contributed by atoms with Crippen molar-refractivity contribution < 1.29 is 18.8 Å². The van der Waals surface area contributed by atoms with Gasteiger partial charge in [-0.2, -0.15) is 0 Å². The van der Waals surface area contributed by atoms with Crippen LogP contribution in [0.25, 0.3) is 0 Å². The van der Waals surface area contributed by atoms with E-state index < -0.39 is 5.97 Å². The van der Waals surface area contributed by atoms with Gasteiger partial charge in [-0.05, 0) is 36.8 Å². The van der Waals surface area contributed by atoms with Crippen molar-refractivity contribution in [1.82, 2.24) is 0 Å². The zero-order valence-electron chi connectivity index (χ0n) is 11.5. The number of benzene rings is 1. The quantitative estimate of drug-likeness (QED) is 0.325. The molecule has 0 radical (unpaired) electrons. The minimum Gasteiger partial charge on any atom is -0.492 e. The Morgan fingerprint density at radius 3 is 2.91 bits per heavy atom. The molecule has 7 heteroatoms. The average Bonchev–Trinajstić information content (AvgIpc) is 2.99. The highest BCUT2D eigenvalue weighted by molar-refractivity contribution is 6.35. The lowest BCUT2D eigenvalue weighted by Crippen LogP contribution is -2.04. The summed E-state index contributed by atoms with van der Waals surface area (Å²) in [4.78, 5) is 16.1. The predicted molar refractivity (Wildman–Crippen MR) is 83.6 cm³/mol. The lowest BCUT2D eigenvalue weighted by Gasteiger charge is -2.07. The molecule has 0 bridgehead atoms. The summed E-state index contributed by atoms with van der Waals surface area (Å²) >= 11 is 11.7. The number of rotatable bonds is 7. The van der Waals surface area contributed by atoms with Crippen LogP contribution in [0.1, 0.15) is 18.6 Å². The summed E-state index contributed by atoms with van der Waals surface area (Å²) in [5.41, 5.74) is 0. The van der Waals surface area contributed by atoms with E-state index in [9.17, 15) is 4.79 Å². The molecule has 0 unspecified atom stereocenters. The van der Waals surface area contributed by atoms with E-state index in [0.29, 0.717) is 34.6 Å². The molecule has 116 valence electrons. The molecule has 0 aliphatic carbocycles. The van der Waals surface area contributed by atoms with Crippen molar-refractivity contribution in [2.75, 3.05) is 6.61 Å². The van der Waals surface area contributed by atoms with Crippen molar-refractivity contribution in [1.29, 1.82) is 0 Å². The molecule has 0 N–H and O–H groups in total. The molecule has 0 fully saturated rings. The van der Waals surface area contributed by atoms with Crippen molar-refractivity contribution in [3.63, 3.8) is 0 Å². The maximum atomic E-state index is 11.4. The van der Waals surface area contributed by atoms with Crippen LogP contribution in [0.2, 0.25) is 10.0 Å². The van der Waals surface area contributed by atoms with Crippen molar-refractivity contribution in [3.05, 3.63) is 52.4 Å². The molecule has 0 aliphatic rings. The number of ether oxygens (including phenoxy) is 1. The van der Waals surface area contributed by atoms with Gasteiger partial charge < -0.3 is 14.0 Å². The maximum Gasteiger partial charge on any atom is 0.335 e. The highest BCUT2D eigenvalue weighted by Gasteiger charge is 2.05. The van der Waals surface area contributed by atoms with Crippen molar-refractivity contribution in [2.45, 2.75) is 12.8 Å². The minimum absolute atomic E-state index is 0.181. The SMILES string of the molecule is O=C(CCCOc1ccc(Cl)cc1Cl)ON=Cc1ccco1. The van der Waals surface area contributed by atoms with E-state index in [1.54, 1.807) is 30.3 Å².